The van der Waals surface area contributed by atoms with E-state index in [9.17, 15) is 0 Å². The van der Waals surface area contributed by atoms with Crippen LogP contribution in [0.1, 0.15) is 19.0 Å². The lowest BCUT2D eigenvalue weighted by Gasteiger charge is -2.08. The van der Waals surface area contributed by atoms with Crippen LogP contribution in [0, 0.1) is 0 Å². The molecule has 0 spiro atoms. The lowest BCUT2D eigenvalue weighted by atomic mass is 10.3. The molecule has 4 nitrogen and oxygen atoms in total. The van der Waals surface area contributed by atoms with Gasteiger partial charge in [-0.15, -0.1) is 0 Å². The fourth-order valence-corrected chi connectivity index (χ4v) is 2.71. The Hall–Kier alpha value is -0.980. The third kappa shape index (κ3) is 4.54. The summed E-state index contributed by atoms with van der Waals surface area (Å²) in [6.45, 7) is 3.79. The number of benzene rings is 1. The minimum Gasteiger partial charge on any atom is -0.436 e. The third-order valence-electron chi connectivity index (χ3n) is 2.50. The summed E-state index contributed by atoms with van der Waals surface area (Å²) in [7, 11) is 0. The Morgan fingerprint density at radius 1 is 1.25 bits per heavy atom. The fourth-order valence-electron chi connectivity index (χ4n) is 1.58. The standard InChI is InChI=1S/C14H15Br2N3O/c1-2-5-17-7-11-8-18-9-14(19-11)20-13-4-3-10(15)6-12(13)16/h3-4,6,8-9,17H,2,5,7H2,1H3. The number of hydrogen-bond donors (Lipinski definition) is 1. The summed E-state index contributed by atoms with van der Waals surface area (Å²) in [6, 6.07) is 5.72. The van der Waals surface area contributed by atoms with E-state index in [4.69, 9.17) is 4.74 Å². The van der Waals surface area contributed by atoms with Crippen molar-refractivity contribution >= 4 is 31.9 Å². The molecular formula is C14H15Br2N3O. The third-order valence-corrected chi connectivity index (χ3v) is 3.62. The molecule has 6 heteroatoms. The Labute approximate surface area is 135 Å². The minimum atomic E-state index is 0.490. The molecule has 0 unspecified atom stereocenters. The van der Waals surface area contributed by atoms with E-state index in [0.29, 0.717) is 18.2 Å². The van der Waals surface area contributed by atoms with Gasteiger partial charge in [0.05, 0.1) is 16.4 Å². The number of ether oxygens (including phenoxy) is 1. The summed E-state index contributed by atoms with van der Waals surface area (Å²) in [4.78, 5) is 8.58. The quantitative estimate of drug-likeness (QED) is 0.734. The van der Waals surface area contributed by atoms with Crippen molar-refractivity contribution in [2.75, 3.05) is 6.54 Å². The molecule has 0 atom stereocenters. The molecule has 0 radical (unpaired) electrons. The van der Waals surface area contributed by atoms with Crippen LogP contribution in [0.15, 0.2) is 39.5 Å². The Morgan fingerprint density at radius 2 is 2.10 bits per heavy atom. The molecule has 0 bridgehead atoms. The van der Waals surface area contributed by atoms with E-state index in [0.717, 1.165) is 27.6 Å². The predicted octanol–water partition coefficient (Wildman–Crippen LogP) is 4.29. The average molecular weight is 401 g/mol. The summed E-state index contributed by atoms with van der Waals surface area (Å²) in [5.74, 6) is 1.20. The van der Waals surface area contributed by atoms with E-state index in [-0.39, 0.29) is 0 Å². The first-order valence-corrected chi connectivity index (χ1v) is 7.92. The van der Waals surface area contributed by atoms with Crippen molar-refractivity contribution in [2.45, 2.75) is 19.9 Å². The van der Waals surface area contributed by atoms with Crippen LogP contribution in [0.25, 0.3) is 0 Å². The highest BCUT2D eigenvalue weighted by atomic mass is 79.9. The molecule has 0 aliphatic rings. The summed E-state index contributed by atoms with van der Waals surface area (Å²) in [5.41, 5.74) is 0.865. The first-order chi connectivity index (χ1) is 9.69. The van der Waals surface area contributed by atoms with Gasteiger partial charge in [-0.25, -0.2) is 4.98 Å². The second-order valence-electron chi connectivity index (χ2n) is 4.20. The molecule has 0 aliphatic carbocycles. The number of aromatic nitrogens is 2. The van der Waals surface area contributed by atoms with Crippen LogP contribution in [0.4, 0.5) is 0 Å². The van der Waals surface area contributed by atoms with Gasteiger partial charge in [0.15, 0.2) is 0 Å². The predicted molar refractivity (Wildman–Crippen MR) is 85.9 cm³/mol. The van der Waals surface area contributed by atoms with Gasteiger partial charge < -0.3 is 10.1 Å². The zero-order valence-electron chi connectivity index (χ0n) is 11.1. The van der Waals surface area contributed by atoms with Gasteiger partial charge in [-0.3, -0.25) is 4.98 Å². The molecule has 1 heterocycles. The van der Waals surface area contributed by atoms with Crippen LogP contribution in [-0.4, -0.2) is 16.5 Å². The van der Waals surface area contributed by atoms with Crippen LogP contribution in [0.5, 0.6) is 11.6 Å². The summed E-state index contributed by atoms with van der Waals surface area (Å²) in [5, 5.41) is 3.29. The molecule has 1 aromatic carbocycles. The summed E-state index contributed by atoms with van der Waals surface area (Å²) >= 11 is 6.87. The topological polar surface area (TPSA) is 47.0 Å². The second kappa shape index (κ2) is 7.71. The molecule has 0 saturated heterocycles. The molecule has 0 saturated carbocycles. The van der Waals surface area contributed by atoms with Gasteiger partial charge in [0, 0.05) is 17.2 Å². The lowest BCUT2D eigenvalue weighted by Crippen LogP contribution is -2.15. The van der Waals surface area contributed by atoms with Crippen molar-refractivity contribution in [2.24, 2.45) is 0 Å². The van der Waals surface area contributed by atoms with E-state index in [2.05, 4.69) is 54.1 Å². The maximum absolute atomic E-state index is 5.74. The smallest absolute Gasteiger partial charge is 0.238 e. The van der Waals surface area contributed by atoms with Crippen molar-refractivity contribution in [3.05, 3.63) is 45.2 Å². The Kier molecular flexibility index (Phi) is 5.94. The zero-order chi connectivity index (χ0) is 14.4. The molecule has 106 valence electrons. The van der Waals surface area contributed by atoms with Crippen LogP contribution < -0.4 is 10.1 Å². The van der Waals surface area contributed by atoms with Crippen molar-refractivity contribution in [1.29, 1.82) is 0 Å². The van der Waals surface area contributed by atoms with Gasteiger partial charge in [0.2, 0.25) is 5.88 Å². The fraction of sp³-hybridized carbons (Fsp3) is 0.286. The van der Waals surface area contributed by atoms with Crippen molar-refractivity contribution in [3.8, 4) is 11.6 Å². The maximum atomic E-state index is 5.74. The summed E-state index contributed by atoms with van der Waals surface area (Å²) in [6.07, 6.45) is 4.44. The minimum absolute atomic E-state index is 0.490. The number of rotatable bonds is 6. The molecular weight excluding hydrogens is 386 g/mol. The largest absolute Gasteiger partial charge is 0.436 e. The average Bonchev–Trinajstić information content (AvgIpc) is 2.43. The van der Waals surface area contributed by atoms with Gasteiger partial charge in [-0.2, -0.15) is 0 Å². The maximum Gasteiger partial charge on any atom is 0.238 e. The van der Waals surface area contributed by atoms with E-state index in [1.807, 2.05) is 18.2 Å². The first kappa shape index (κ1) is 15.4. The molecule has 0 aliphatic heterocycles. The van der Waals surface area contributed by atoms with Gasteiger partial charge in [-0.05, 0) is 47.1 Å². The number of halogens is 2. The highest BCUT2D eigenvalue weighted by Crippen LogP contribution is 2.31. The monoisotopic (exact) mass is 399 g/mol. The number of hydrogen-bond acceptors (Lipinski definition) is 4. The van der Waals surface area contributed by atoms with Crippen LogP contribution in [-0.2, 0) is 6.54 Å². The first-order valence-electron chi connectivity index (χ1n) is 6.33. The van der Waals surface area contributed by atoms with Crippen LogP contribution >= 0.6 is 31.9 Å². The number of nitrogens with zero attached hydrogens (tertiary/aromatic N) is 2. The Morgan fingerprint density at radius 3 is 2.85 bits per heavy atom. The molecule has 2 aromatic rings. The van der Waals surface area contributed by atoms with Gasteiger partial charge in [-0.1, -0.05) is 22.9 Å². The Bertz CT molecular complexity index is 578. The van der Waals surface area contributed by atoms with Crippen molar-refractivity contribution < 1.29 is 4.74 Å². The van der Waals surface area contributed by atoms with Gasteiger partial charge in [0.1, 0.15) is 5.75 Å². The molecule has 1 N–H and O–H groups in total. The molecule has 1 aromatic heterocycles. The molecule has 2 rings (SSSR count). The van der Waals surface area contributed by atoms with Gasteiger partial charge in [0.25, 0.3) is 0 Å². The highest BCUT2D eigenvalue weighted by Gasteiger charge is 2.05. The zero-order valence-corrected chi connectivity index (χ0v) is 14.2. The van der Waals surface area contributed by atoms with Crippen LogP contribution in [0.3, 0.4) is 0 Å². The lowest BCUT2D eigenvalue weighted by molar-refractivity contribution is 0.453. The molecule has 0 fully saturated rings. The highest BCUT2D eigenvalue weighted by molar-refractivity contribution is 9.11. The summed E-state index contributed by atoms with van der Waals surface area (Å²) < 4.78 is 7.59. The van der Waals surface area contributed by atoms with Crippen molar-refractivity contribution in [3.63, 3.8) is 0 Å². The SMILES string of the molecule is CCCNCc1cncc(Oc2ccc(Br)cc2Br)n1. The van der Waals surface area contributed by atoms with E-state index in [1.165, 1.54) is 0 Å². The molecule has 0 amide bonds. The Balaban J connectivity index is 2.07. The van der Waals surface area contributed by atoms with Crippen molar-refractivity contribution in [1.82, 2.24) is 15.3 Å². The van der Waals surface area contributed by atoms with Crippen LogP contribution in [0.2, 0.25) is 0 Å². The van der Waals surface area contributed by atoms with E-state index in [1.54, 1.807) is 12.4 Å². The molecule has 20 heavy (non-hydrogen) atoms. The van der Waals surface area contributed by atoms with E-state index < -0.39 is 0 Å². The van der Waals surface area contributed by atoms with Gasteiger partial charge >= 0.3 is 0 Å². The number of nitrogens with one attached hydrogen (secondary N) is 1. The normalized spacial score (nSPS) is 10.6. The second-order valence-corrected chi connectivity index (χ2v) is 5.97. The van der Waals surface area contributed by atoms with E-state index >= 15 is 0 Å².